The standard InChI is InChI=1S/C50H40N2/c1-33-21-22-34(2)46(25-33)50-31-40(30-49(52-50)36-15-7-4-8-16-36)39-26-41(47-29-37-17-9-10-18-43(37)44-19-11-12-20-45(44)47)28-42(27-39)48-24-23-38(32-51-48)35-13-5-3-6-14-35/h3-24,26-34,46H,25H2,1-2H3/t33-,34?,46?/m0/s1. The predicted octanol–water partition coefficient (Wildman–Crippen LogP) is 13.4. The van der Waals surface area contributed by atoms with E-state index in [4.69, 9.17) is 9.97 Å². The van der Waals surface area contributed by atoms with E-state index in [1.54, 1.807) is 0 Å². The highest BCUT2D eigenvalue weighted by atomic mass is 14.7. The zero-order chi connectivity index (χ0) is 35.0. The second-order valence-electron chi connectivity index (χ2n) is 14.4. The van der Waals surface area contributed by atoms with Crippen molar-refractivity contribution >= 4 is 21.5 Å². The Bertz CT molecular complexity index is 2570. The number of hydrogen-bond donors (Lipinski definition) is 0. The van der Waals surface area contributed by atoms with Crippen LogP contribution in [0.15, 0.2) is 176 Å². The van der Waals surface area contributed by atoms with Crippen LogP contribution in [0.3, 0.4) is 0 Å². The van der Waals surface area contributed by atoms with E-state index in [9.17, 15) is 0 Å². The molecular weight excluding hydrogens is 629 g/mol. The van der Waals surface area contributed by atoms with Crippen LogP contribution in [0.4, 0.5) is 0 Å². The number of pyridine rings is 2. The zero-order valence-electron chi connectivity index (χ0n) is 29.6. The fraction of sp³-hybridized carbons (Fsp3) is 0.120. The molecule has 0 saturated heterocycles. The molecule has 6 aromatic carbocycles. The Morgan fingerprint density at radius 3 is 1.88 bits per heavy atom. The van der Waals surface area contributed by atoms with Crippen LogP contribution >= 0.6 is 0 Å². The molecule has 52 heavy (non-hydrogen) atoms. The lowest BCUT2D eigenvalue weighted by atomic mass is 9.78. The van der Waals surface area contributed by atoms with Gasteiger partial charge in [0.1, 0.15) is 0 Å². The Kier molecular flexibility index (Phi) is 8.29. The maximum absolute atomic E-state index is 5.37. The predicted molar refractivity (Wildman–Crippen MR) is 219 cm³/mol. The number of rotatable bonds is 6. The molecule has 1 aliphatic rings. The Morgan fingerprint density at radius 1 is 0.462 bits per heavy atom. The van der Waals surface area contributed by atoms with Crippen LogP contribution in [0.5, 0.6) is 0 Å². The first kappa shape index (κ1) is 31.8. The van der Waals surface area contributed by atoms with Crippen molar-refractivity contribution in [3.63, 3.8) is 0 Å². The molecule has 2 unspecified atom stereocenters. The summed E-state index contributed by atoms with van der Waals surface area (Å²) in [6.07, 6.45) is 7.83. The van der Waals surface area contributed by atoms with Crippen molar-refractivity contribution in [2.75, 3.05) is 0 Å². The summed E-state index contributed by atoms with van der Waals surface area (Å²) >= 11 is 0. The summed E-state index contributed by atoms with van der Waals surface area (Å²) < 4.78 is 0. The van der Waals surface area contributed by atoms with E-state index < -0.39 is 0 Å². The largest absolute Gasteiger partial charge is 0.256 e. The topological polar surface area (TPSA) is 25.8 Å². The molecule has 0 aliphatic heterocycles. The van der Waals surface area contributed by atoms with Gasteiger partial charge < -0.3 is 0 Å². The molecule has 2 heterocycles. The third-order valence-electron chi connectivity index (χ3n) is 10.8. The van der Waals surface area contributed by atoms with Gasteiger partial charge in [-0.1, -0.05) is 141 Å². The van der Waals surface area contributed by atoms with Gasteiger partial charge in [0.25, 0.3) is 0 Å². The molecule has 0 spiro atoms. The van der Waals surface area contributed by atoms with Crippen LogP contribution in [0.1, 0.15) is 31.9 Å². The monoisotopic (exact) mass is 668 g/mol. The van der Waals surface area contributed by atoms with Crippen molar-refractivity contribution in [1.82, 2.24) is 9.97 Å². The fourth-order valence-electron chi connectivity index (χ4n) is 8.00. The molecule has 0 amide bonds. The quantitative estimate of drug-likeness (QED) is 0.130. The van der Waals surface area contributed by atoms with E-state index in [0.717, 1.165) is 51.3 Å². The molecule has 2 heteroatoms. The molecule has 2 nitrogen and oxygen atoms in total. The summed E-state index contributed by atoms with van der Waals surface area (Å²) in [5.41, 5.74) is 12.3. The number of benzene rings is 6. The van der Waals surface area contributed by atoms with Gasteiger partial charge in [-0.15, -0.1) is 0 Å². The SMILES string of the molecule is CC1C=C[C@H](C)CC1c1cc(-c2cc(-c3ccc(-c4ccccc4)cn3)cc(-c3cc4ccccc4c4ccccc34)c2)cc(-c2ccccc2)n1. The number of aromatic nitrogens is 2. The lowest BCUT2D eigenvalue weighted by Crippen LogP contribution is -2.17. The molecule has 0 saturated carbocycles. The van der Waals surface area contributed by atoms with Gasteiger partial charge in [0.05, 0.1) is 11.4 Å². The van der Waals surface area contributed by atoms with Gasteiger partial charge in [-0.2, -0.15) is 0 Å². The number of hydrogen-bond acceptors (Lipinski definition) is 2. The van der Waals surface area contributed by atoms with Gasteiger partial charge in [0, 0.05) is 34.5 Å². The van der Waals surface area contributed by atoms with Gasteiger partial charge in [-0.05, 0) is 110 Å². The lowest BCUT2D eigenvalue weighted by molar-refractivity contribution is 0.423. The Morgan fingerprint density at radius 2 is 1.12 bits per heavy atom. The smallest absolute Gasteiger partial charge is 0.0711 e. The highest BCUT2D eigenvalue weighted by molar-refractivity contribution is 6.14. The second kappa shape index (κ2) is 13.5. The number of fused-ring (bicyclic) bond motifs is 3. The Labute approximate surface area is 306 Å². The van der Waals surface area contributed by atoms with Crippen molar-refractivity contribution in [2.45, 2.75) is 26.2 Å². The van der Waals surface area contributed by atoms with Crippen LogP contribution < -0.4 is 0 Å². The molecule has 0 fully saturated rings. The zero-order valence-corrected chi connectivity index (χ0v) is 29.6. The summed E-state index contributed by atoms with van der Waals surface area (Å²) in [5, 5.41) is 5.01. The molecule has 0 radical (unpaired) electrons. The molecule has 0 N–H and O–H groups in total. The minimum atomic E-state index is 0.349. The molecule has 3 atom stereocenters. The molecular formula is C50H40N2. The van der Waals surface area contributed by atoms with Crippen LogP contribution in [0.2, 0.25) is 0 Å². The van der Waals surface area contributed by atoms with Crippen LogP contribution in [0.25, 0.3) is 77.4 Å². The van der Waals surface area contributed by atoms with E-state index in [-0.39, 0.29) is 0 Å². The van der Waals surface area contributed by atoms with E-state index in [2.05, 4.69) is 184 Å². The van der Waals surface area contributed by atoms with Crippen LogP contribution in [0, 0.1) is 11.8 Å². The average molecular weight is 669 g/mol. The normalized spacial score (nSPS) is 17.1. The van der Waals surface area contributed by atoms with Crippen LogP contribution in [-0.2, 0) is 0 Å². The van der Waals surface area contributed by atoms with E-state index in [1.807, 2.05) is 6.20 Å². The Balaban J connectivity index is 1.27. The maximum Gasteiger partial charge on any atom is 0.0711 e. The summed E-state index contributed by atoms with van der Waals surface area (Å²) in [7, 11) is 0. The summed E-state index contributed by atoms with van der Waals surface area (Å²) in [5.74, 6) is 1.29. The summed E-state index contributed by atoms with van der Waals surface area (Å²) in [4.78, 5) is 10.4. The molecule has 250 valence electrons. The number of nitrogens with zero attached hydrogens (tertiary/aromatic N) is 2. The van der Waals surface area contributed by atoms with Gasteiger partial charge in [-0.3, -0.25) is 9.97 Å². The van der Waals surface area contributed by atoms with Crippen molar-refractivity contribution in [3.05, 3.63) is 182 Å². The first-order valence-electron chi connectivity index (χ1n) is 18.4. The van der Waals surface area contributed by atoms with E-state index in [1.165, 1.54) is 38.2 Å². The van der Waals surface area contributed by atoms with Crippen molar-refractivity contribution in [1.29, 1.82) is 0 Å². The highest BCUT2D eigenvalue weighted by Crippen LogP contribution is 2.42. The fourth-order valence-corrected chi connectivity index (χ4v) is 8.00. The minimum absolute atomic E-state index is 0.349. The second-order valence-corrected chi connectivity index (χ2v) is 14.4. The minimum Gasteiger partial charge on any atom is -0.256 e. The van der Waals surface area contributed by atoms with Crippen molar-refractivity contribution in [3.8, 4) is 55.9 Å². The molecule has 1 aliphatic carbocycles. The highest BCUT2D eigenvalue weighted by Gasteiger charge is 2.26. The molecule has 8 aromatic rings. The van der Waals surface area contributed by atoms with Gasteiger partial charge >= 0.3 is 0 Å². The first-order valence-corrected chi connectivity index (χ1v) is 18.4. The molecule has 9 rings (SSSR count). The van der Waals surface area contributed by atoms with Gasteiger partial charge in [0.2, 0.25) is 0 Å². The van der Waals surface area contributed by atoms with Crippen molar-refractivity contribution in [2.24, 2.45) is 11.8 Å². The Hall–Kier alpha value is -6.12. The number of allylic oxidation sites excluding steroid dienone is 2. The van der Waals surface area contributed by atoms with Gasteiger partial charge in [0.15, 0.2) is 0 Å². The first-order chi connectivity index (χ1) is 25.6. The average Bonchev–Trinajstić information content (AvgIpc) is 3.22. The summed E-state index contributed by atoms with van der Waals surface area (Å²) in [6, 6.07) is 57.0. The molecule has 0 bridgehead atoms. The van der Waals surface area contributed by atoms with E-state index >= 15 is 0 Å². The van der Waals surface area contributed by atoms with Crippen molar-refractivity contribution < 1.29 is 0 Å². The summed E-state index contributed by atoms with van der Waals surface area (Å²) in [6.45, 7) is 4.65. The third kappa shape index (κ3) is 6.11. The third-order valence-corrected chi connectivity index (χ3v) is 10.8. The van der Waals surface area contributed by atoms with Gasteiger partial charge in [-0.25, -0.2) is 0 Å². The van der Waals surface area contributed by atoms with E-state index in [0.29, 0.717) is 17.8 Å². The lowest BCUT2D eigenvalue weighted by Gasteiger charge is -2.28. The van der Waals surface area contributed by atoms with Crippen LogP contribution in [-0.4, -0.2) is 9.97 Å². The molecule has 2 aromatic heterocycles. The maximum atomic E-state index is 5.37.